The number of nitrogens with zero attached hydrogens (tertiary/aromatic N) is 2. The molecule has 0 spiro atoms. The van der Waals surface area contributed by atoms with Crippen LogP contribution in [0.3, 0.4) is 0 Å². The van der Waals surface area contributed by atoms with Crippen molar-refractivity contribution < 1.29 is 13.2 Å². The summed E-state index contributed by atoms with van der Waals surface area (Å²) >= 11 is 5.52. The van der Waals surface area contributed by atoms with Gasteiger partial charge in [-0.1, -0.05) is 11.6 Å². The maximum absolute atomic E-state index is 11.5. The third-order valence-electron chi connectivity index (χ3n) is 1.64. The summed E-state index contributed by atoms with van der Waals surface area (Å²) in [5.74, 6) is 0.132. The summed E-state index contributed by atoms with van der Waals surface area (Å²) < 4.78 is 30.0. The monoisotopic (exact) mass is 265 g/mol. The molecule has 1 aromatic rings. The number of hydrogen-bond donors (Lipinski definition) is 1. The van der Waals surface area contributed by atoms with Gasteiger partial charge in [0.25, 0.3) is 0 Å². The van der Waals surface area contributed by atoms with Gasteiger partial charge in [0.05, 0.1) is 18.1 Å². The zero-order valence-corrected chi connectivity index (χ0v) is 10.3. The van der Waals surface area contributed by atoms with Crippen LogP contribution in [0.4, 0.5) is 5.82 Å². The topological polar surface area (TPSA) is 81.2 Å². The molecule has 90 valence electrons. The first-order valence-electron chi connectivity index (χ1n) is 4.50. The third-order valence-corrected chi connectivity index (χ3v) is 3.18. The second-order valence-corrected chi connectivity index (χ2v) is 5.22. The van der Waals surface area contributed by atoms with Gasteiger partial charge >= 0.3 is 0 Å². The number of nitrogens with one attached hydrogen (secondary N) is 1. The standard InChI is InChI=1S/C8H12ClN3O3S/c1-15-3-2-4-16(13,14)12-8-6-10-7(9)5-11-8/h5-6H,2-4H2,1H3,(H,11,12). The van der Waals surface area contributed by atoms with Gasteiger partial charge in [0.15, 0.2) is 5.82 Å². The number of anilines is 1. The minimum absolute atomic E-state index is 0.0227. The lowest BCUT2D eigenvalue weighted by Crippen LogP contribution is -2.18. The Hall–Kier alpha value is -0.920. The molecular weight excluding hydrogens is 254 g/mol. The number of methoxy groups -OCH3 is 1. The molecule has 0 aliphatic rings. The van der Waals surface area contributed by atoms with E-state index in [-0.39, 0.29) is 16.7 Å². The number of halogens is 1. The fourth-order valence-electron chi connectivity index (χ4n) is 0.969. The maximum atomic E-state index is 11.5. The molecule has 0 saturated carbocycles. The van der Waals surface area contributed by atoms with E-state index in [1.807, 2.05) is 0 Å². The minimum atomic E-state index is -3.40. The zero-order chi connectivity index (χ0) is 12.0. The lowest BCUT2D eigenvalue weighted by molar-refractivity contribution is 0.199. The highest BCUT2D eigenvalue weighted by molar-refractivity contribution is 7.92. The number of hydrogen-bond acceptors (Lipinski definition) is 5. The molecule has 8 heteroatoms. The predicted molar refractivity (Wildman–Crippen MR) is 60.9 cm³/mol. The molecule has 1 heterocycles. The molecule has 0 saturated heterocycles. The van der Waals surface area contributed by atoms with Gasteiger partial charge in [0.2, 0.25) is 10.0 Å². The van der Waals surface area contributed by atoms with Gasteiger partial charge in [-0.15, -0.1) is 0 Å². The lowest BCUT2D eigenvalue weighted by atomic mass is 10.5. The number of ether oxygens (including phenoxy) is 1. The lowest BCUT2D eigenvalue weighted by Gasteiger charge is -2.06. The van der Waals surface area contributed by atoms with E-state index >= 15 is 0 Å². The van der Waals surface area contributed by atoms with Crippen molar-refractivity contribution in [2.24, 2.45) is 0 Å². The predicted octanol–water partition coefficient (Wildman–Crippen LogP) is 0.908. The van der Waals surface area contributed by atoms with Crippen LogP contribution in [0, 0.1) is 0 Å². The fourth-order valence-corrected chi connectivity index (χ4v) is 2.09. The summed E-state index contributed by atoms with van der Waals surface area (Å²) in [7, 11) is -1.88. The van der Waals surface area contributed by atoms with E-state index in [0.717, 1.165) is 0 Å². The Morgan fingerprint density at radius 3 is 2.75 bits per heavy atom. The summed E-state index contributed by atoms with van der Waals surface area (Å²) in [5.41, 5.74) is 0. The largest absolute Gasteiger partial charge is 0.385 e. The van der Waals surface area contributed by atoms with Gasteiger partial charge in [-0.05, 0) is 6.42 Å². The average molecular weight is 266 g/mol. The highest BCUT2D eigenvalue weighted by Gasteiger charge is 2.10. The van der Waals surface area contributed by atoms with Gasteiger partial charge in [0, 0.05) is 13.7 Å². The van der Waals surface area contributed by atoms with Crippen LogP contribution in [-0.4, -0.2) is 37.9 Å². The van der Waals surface area contributed by atoms with E-state index in [4.69, 9.17) is 16.3 Å². The second kappa shape index (κ2) is 5.97. The molecule has 0 unspecified atom stereocenters. The number of aromatic nitrogens is 2. The van der Waals surface area contributed by atoms with Crippen LogP contribution in [0.15, 0.2) is 12.4 Å². The first-order chi connectivity index (χ1) is 7.53. The van der Waals surface area contributed by atoms with Crippen molar-refractivity contribution in [3.8, 4) is 0 Å². The van der Waals surface area contributed by atoms with Crippen LogP contribution in [0.5, 0.6) is 0 Å². The fraction of sp³-hybridized carbons (Fsp3) is 0.500. The Kier molecular flexibility index (Phi) is 4.91. The highest BCUT2D eigenvalue weighted by Crippen LogP contribution is 2.07. The Morgan fingerprint density at radius 2 is 2.19 bits per heavy atom. The Morgan fingerprint density at radius 1 is 1.44 bits per heavy atom. The van der Waals surface area contributed by atoms with E-state index in [9.17, 15) is 8.42 Å². The van der Waals surface area contributed by atoms with E-state index in [1.165, 1.54) is 19.5 Å². The van der Waals surface area contributed by atoms with Crippen molar-refractivity contribution in [3.05, 3.63) is 17.5 Å². The SMILES string of the molecule is COCCCS(=O)(=O)Nc1cnc(Cl)cn1. The zero-order valence-electron chi connectivity index (χ0n) is 8.68. The van der Waals surface area contributed by atoms with Gasteiger partial charge in [-0.25, -0.2) is 18.4 Å². The van der Waals surface area contributed by atoms with E-state index in [2.05, 4.69) is 14.7 Å². The van der Waals surface area contributed by atoms with Crippen LogP contribution >= 0.6 is 11.6 Å². The number of sulfonamides is 1. The van der Waals surface area contributed by atoms with Crippen LogP contribution < -0.4 is 4.72 Å². The minimum Gasteiger partial charge on any atom is -0.385 e. The smallest absolute Gasteiger partial charge is 0.234 e. The summed E-state index contributed by atoms with van der Waals surface area (Å²) in [6.45, 7) is 0.396. The average Bonchev–Trinajstić information content (AvgIpc) is 2.21. The molecule has 0 aliphatic heterocycles. The molecule has 0 atom stereocenters. The summed E-state index contributed by atoms with van der Waals surface area (Å²) in [6.07, 6.45) is 2.96. The molecule has 0 bridgehead atoms. The molecule has 6 nitrogen and oxygen atoms in total. The van der Waals surface area contributed by atoms with Crippen molar-refractivity contribution in [3.63, 3.8) is 0 Å². The van der Waals surface area contributed by atoms with E-state index in [0.29, 0.717) is 13.0 Å². The van der Waals surface area contributed by atoms with Crippen molar-refractivity contribution >= 4 is 27.4 Å². The first kappa shape index (κ1) is 13.1. The molecule has 0 aromatic carbocycles. The molecule has 0 aliphatic carbocycles. The van der Waals surface area contributed by atoms with Crippen molar-refractivity contribution in [2.45, 2.75) is 6.42 Å². The van der Waals surface area contributed by atoms with Crippen LogP contribution in [0.1, 0.15) is 6.42 Å². The van der Waals surface area contributed by atoms with E-state index in [1.54, 1.807) is 0 Å². The van der Waals surface area contributed by atoms with Crippen molar-refractivity contribution in [1.29, 1.82) is 0 Å². The highest BCUT2D eigenvalue weighted by atomic mass is 35.5. The molecule has 0 fully saturated rings. The Bertz CT molecular complexity index is 421. The van der Waals surface area contributed by atoms with E-state index < -0.39 is 10.0 Å². The second-order valence-electron chi connectivity index (χ2n) is 2.99. The number of rotatable bonds is 6. The van der Waals surface area contributed by atoms with Crippen molar-refractivity contribution in [2.75, 3.05) is 24.2 Å². The molecule has 0 amide bonds. The summed E-state index contributed by atoms with van der Waals surface area (Å²) in [6, 6.07) is 0. The molecule has 16 heavy (non-hydrogen) atoms. The third kappa shape index (κ3) is 4.73. The molecular formula is C8H12ClN3O3S. The van der Waals surface area contributed by atoms with Crippen LogP contribution in [0.25, 0.3) is 0 Å². The molecule has 1 rings (SSSR count). The first-order valence-corrected chi connectivity index (χ1v) is 6.53. The molecule has 1 N–H and O–H groups in total. The van der Waals surface area contributed by atoms with Crippen molar-refractivity contribution in [1.82, 2.24) is 9.97 Å². The van der Waals surface area contributed by atoms with Gasteiger partial charge in [-0.2, -0.15) is 0 Å². The molecule has 1 aromatic heterocycles. The van der Waals surface area contributed by atoms with Gasteiger partial charge < -0.3 is 4.74 Å². The summed E-state index contributed by atoms with van der Waals surface area (Å²) in [4.78, 5) is 7.49. The van der Waals surface area contributed by atoms with Crippen LogP contribution in [0.2, 0.25) is 5.15 Å². The van der Waals surface area contributed by atoms with Gasteiger partial charge in [0.1, 0.15) is 5.15 Å². The quantitative estimate of drug-likeness (QED) is 0.773. The summed E-state index contributed by atoms with van der Waals surface area (Å²) in [5, 5.41) is 0.210. The van der Waals surface area contributed by atoms with Crippen LogP contribution in [-0.2, 0) is 14.8 Å². The van der Waals surface area contributed by atoms with Gasteiger partial charge in [-0.3, -0.25) is 4.72 Å². The molecule has 0 radical (unpaired) electrons. The normalized spacial score (nSPS) is 11.4. The Labute approximate surface area is 99.1 Å². The Balaban J connectivity index is 2.55. The maximum Gasteiger partial charge on any atom is 0.234 e.